The summed E-state index contributed by atoms with van der Waals surface area (Å²) in [5.74, 6) is 0.261. The van der Waals surface area contributed by atoms with Gasteiger partial charge in [0.05, 0.1) is 23.9 Å². The standard InChI is InChI=1S/C20H18N4O3S2/c1-11-5-3-6-12(9-11)23-17(26)16-13-7-4-8-14(13)29-18(16)24-19(23)21-22-20(24)28-10-15(25)27-2/h3,5-6,9H,4,7-8,10H2,1-2H3. The molecule has 0 atom stereocenters. The molecule has 0 bridgehead atoms. The molecule has 0 unspecified atom stereocenters. The number of fused-ring (bicyclic) bond motifs is 5. The number of ether oxygens (including phenoxy) is 1. The Kier molecular flexibility index (Phi) is 4.44. The molecule has 0 aliphatic heterocycles. The summed E-state index contributed by atoms with van der Waals surface area (Å²) in [5, 5.41) is 9.96. The van der Waals surface area contributed by atoms with Crippen LogP contribution in [0.3, 0.4) is 0 Å². The van der Waals surface area contributed by atoms with E-state index in [0.717, 1.165) is 46.3 Å². The van der Waals surface area contributed by atoms with Crippen LogP contribution in [-0.4, -0.2) is 38.0 Å². The Hall–Kier alpha value is -2.65. The van der Waals surface area contributed by atoms with Gasteiger partial charge in [0.1, 0.15) is 4.83 Å². The van der Waals surface area contributed by atoms with Crippen molar-refractivity contribution in [3.63, 3.8) is 0 Å². The molecule has 3 heterocycles. The lowest BCUT2D eigenvalue weighted by molar-refractivity contribution is -0.137. The molecule has 4 aromatic rings. The fraction of sp³-hybridized carbons (Fsp3) is 0.300. The number of carbonyl (C=O) groups is 1. The monoisotopic (exact) mass is 426 g/mol. The Morgan fingerprint density at radius 2 is 2.17 bits per heavy atom. The van der Waals surface area contributed by atoms with Crippen molar-refractivity contribution in [2.24, 2.45) is 0 Å². The predicted molar refractivity (Wildman–Crippen MR) is 113 cm³/mol. The molecule has 0 radical (unpaired) electrons. The Balaban J connectivity index is 1.84. The number of carbonyl (C=O) groups excluding carboxylic acids is 1. The van der Waals surface area contributed by atoms with Crippen LogP contribution < -0.4 is 5.56 Å². The third-order valence-corrected chi connectivity index (χ3v) is 7.33. The first-order valence-corrected chi connectivity index (χ1v) is 11.1. The molecule has 0 N–H and O–H groups in total. The van der Waals surface area contributed by atoms with Crippen molar-refractivity contribution in [1.29, 1.82) is 0 Å². The summed E-state index contributed by atoms with van der Waals surface area (Å²) in [7, 11) is 1.36. The Morgan fingerprint density at radius 1 is 1.31 bits per heavy atom. The van der Waals surface area contributed by atoms with Crippen LogP contribution in [0.5, 0.6) is 0 Å². The summed E-state index contributed by atoms with van der Waals surface area (Å²) >= 11 is 2.90. The molecule has 0 amide bonds. The summed E-state index contributed by atoms with van der Waals surface area (Å²) in [4.78, 5) is 27.4. The molecule has 5 rings (SSSR count). The highest BCUT2D eigenvalue weighted by atomic mass is 32.2. The van der Waals surface area contributed by atoms with Gasteiger partial charge in [0, 0.05) is 4.88 Å². The molecule has 1 aromatic carbocycles. The normalized spacial score (nSPS) is 13.3. The SMILES string of the molecule is COC(=O)CSc1nnc2n(-c3cccc(C)c3)c(=O)c3c4c(sc3n12)CCC4. The van der Waals surface area contributed by atoms with Crippen LogP contribution in [0.2, 0.25) is 0 Å². The van der Waals surface area contributed by atoms with Crippen molar-refractivity contribution >= 4 is 45.1 Å². The first-order chi connectivity index (χ1) is 14.1. The molecule has 0 spiro atoms. The van der Waals surface area contributed by atoms with Crippen molar-refractivity contribution in [2.45, 2.75) is 31.3 Å². The third-order valence-electron chi connectivity index (χ3n) is 5.15. The summed E-state index contributed by atoms with van der Waals surface area (Å²) < 4.78 is 8.30. The van der Waals surface area contributed by atoms with Crippen molar-refractivity contribution in [3.8, 4) is 5.69 Å². The lowest BCUT2D eigenvalue weighted by Gasteiger charge is -2.10. The molecule has 29 heavy (non-hydrogen) atoms. The topological polar surface area (TPSA) is 78.5 Å². The second kappa shape index (κ2) is 7.00. The summed E-state index contributed by atoms with van der Waals surface area (Å²) in [6, 6.07) is 7.80. The first-order valence-electron chi connectivity index (χ1n) is 9.29. The zero-order chi connectivity index (χ0) is 20.1. The fourth-order valence-electron chi connectivity index (χ4n) is 3.83. The molecule has 3 aromatic heterocycles. The predicted octanol–water partition coefficient (Wildman–Crippen LogP) is 3.16. The number of thiophene rings is 1. The maximum absolute atomic E-state index is 13.6. The second-order valence-electron chi connectivity index (χ2n) is 7.00. The molecule has 0 saturated carbocycles. The van der Waals surface area contributed by atoms with E-state index in [-0.39, 0.29) is 17.3 Å². The van der Waals surface area contributed by atoms with E-state index in [1.54, 1.807) is 15.9 Å². The van der Waals surface area contributed by atoms with Crippen molar-refractivity contribution in [2.75, 3.05) is 12.9 Å². The third kappa shape index (κ3) is 2.87. The fourth-order valence-corrected chi connectivity index (χ4v) is 6.03. The zero-order valence-corrected chi connectivity index (χ0v) is 17.6. The van der Waals surface area contributed by atoms with Gasteiger partial charge in [-0.15, -0.1) is 21.5 Å². The van der Waals surface area contributed by atoms with E-state index in [1.807, 2.05) is 35.6 Å². The molecule has 1 aliphatic carbocycles. The average molecular weight is 427 g/mol. The van der Waals surface area contributed by atoms with E-state index in [2.05, 4.69) is 10.2 Å². The smallest absolute Gasteiger partial charge is 0.316 e. The highest BCUT2D eigenvalue weighted by Crippen LogP contribution is 2.37. The van der Waals surface area contributed by atoms with Crippen molar-refractivity contribution in [3.05, 3.63) is 50.6 Å². The average Bonchev–Trinajstić information content (AvgIpc) is 3.40. The van der Waals surface area contributed by atoms with Crippen LogP contribution in [0.1, 0.15) is 22.4 Å². The molecule has 1 aliphatic rings. The van der Waals surface area contributed by atoms with Crippen LogP contribution in [0.25, 0.3) is 21.7 Å². The van der Waals surface area contributed by atoms with Gasteiger partial charge < -0.3 is 4.74 Å². The van der Waals surface area contributed by atoms with E-state index in [0.29, 0.717) is 10.9 Å². The van der Waals surface area contributed by atoms with E-state index in [4.69, 9.17) is 4.74 Å². The van der Waals surface area contributed by atoms with E-state index in [9.17, 15) is 9.59 Å². The van der Waals surface area contributed by atoms with Gasteiger partial charge >= 0.3 is 5.97 Å². The molecule has 148 valence electrons. The van der Waals surface area contributed by atoms with Gasteiger partial charge in [-0.25, -0.2) is 8.97 Å². The molecule has 9 heteroatoms. The van der Waals surface area contributed by atoms with Gasteiger partial charge in [0.2, 0.25) is 5.78 Å². The number of hydrogen-bond acceptors (Lipinski definition) is 7. The Morgan fingerprint density at radius 3 is 2.97 bits per heavy atom. The number of benzene rings is 1. The van der Waals surface area contributed by atoms with E-state index >= 15 is 0 Å². The first kappa shape index (κ1) is 18.4. The largest absolute Gasteiger partial charge is 0.468 e. The Labute approximate surface area is 174 Å². The number of thioether (sulfide) groups is 1. The zero-order valence-electron chi connectivity index (χ0n) is 16.0. The van der Waals surface area contributed by atoms with Crippen molar-refractivity contribution < 1.29 is 9.53 Å². The van der Waals surface area contributed by atoms with E-state index in [1.165, 1.54) is 23.7 Å². The second-order valence-corrected chi connectivity index (χ2v) is 9.03. The number of aryl methyl sites for hydroxylation is 3. The van der Waals surface area contributed by atoms with Gasteiger partial charge in [-0.3, -0.25) is 9.59 Å². The number of hydrogen-bond donors (Lipinski definition) is 0. The van der Waals surface area contributed by atoms with Gasteiger partial charge in [0.25, 0.3) is 5.56 Å². The number of nitrogens with zero attached hydrogens (tertiary/aromatic N) is 4. The van der Waals surface area contributed by atoms with E-state index < -0.39 is 0 Å². The molecule has 0 fully saturated rings. The lowest BCUT2D eigenvalue weighted by atomic mass is 10.2. The minimum Gasteiger partial charge on any atom is -0.468 e. The van der Waals surface area contributed by atoms with Gasteiger partial charge in [0.15, 0.2) is 5.16 Å². The van der Waals surface area contributed by atoms with Crippen LogP contribution in [0.15, 0.2) is 34.2 Å². The quantitative estimate of drug-likeness (QED) is 0.368. The van der Waals surface area contributed by atoms with Gasteiger partial charge in [-0.2, -0.15) is 0 Å². The highest BCUT2D eigenvalue weighted by molar-refractivity contribution is 7.99. The van der Waals surface area contributed by atoms with Crippen LogP contribution in [0.4, 0.5) is 0 Å². The maximum Gasteiger partial charge on any atom is 0.316 e. The summed E-state index contributed by atoms with van der Waals surface area (Å²) in [6.07, 6.45) is 2.98. The molecule has 7 nitrogen and oxygen atoms in total. The maximum atomic E-state index is 13.6. The number of rotatable bonds is 4. The van der Waals surface area contributed by atoms with Crippen LogP contribution in [-0.2, 0) is 22.4 Å². The summed E-state index contributed by atoms with van der Waals surface area (Å²) in [5.41, 5.74) is 2.91. The van der Waals surface area contributed by atoms with Gasteiger partial charge in [-0.05, 0) is 49.4 Å². The van der Waals surface area contributed by atoms with Crippen molar-refractivity contribution in [1.82, 2.24) is 19.2 Å². The number of esters is 1. The Bertz CT molecular complexity index is 1340. The lowest BCUT2D eigenvalue weighted by Crippen LogP contribution is -2.22. The van der Waals surface area contributed by atoms with Gasteiger partial charge in [-0.1, -0.05) is 23.9 Å². The number of methoxy groups -OCH3 is 1. The minimum absolute atomic E-state index is 0.0607. The molecular formula is C20H18N4O3S2. The van der Waals surface area contributed by atoms with Crippen LogP contribution in [0, 0.1) is 6.92 Å². The molecule has 0 saturated heterocycles. The minimum atomic E-state index is -0.330. The number of aromatic nitrogens is 4. The molecular weight excluding hydrogens is 408 g/mol. The highest BCUT2D eigenvalue weighted by Gasteiger charge is 2.26. The van der Waals surface area contributed by atoms with Crippen LogP contribution >= 0.6 is 23.1 Å². The summed E-state index contributed by atoms with van der Waals surface area (Å²) in [6.45, 7) is 1.99.